The molecule has 2 amide bonds. The first-order valence-electron chi connectivity index (χ1n) is 5.89. The Hall–Kier alpha value is -1.30. The molecule has 0 saturated heterocycles. The Labute approximate surface area is 101 Å². The predicted molar refractivity (Wildman–Crippen MR) is 61.8 cm³/mol. The van der Waals surface area contributed by atoms with Gasteiger partial charge in [-0.15, -0.1) is 0 Å². The predicted octanol–water partition coefficient (Wildman–Crippen LogP) is 0.575. The fourth-order valence-corrected chi connectivity index (χ4v) is 1.46. The summed E-state index contributed by atoms with van der Waals surface area (Å²) >= 11 is 0. The van der Waals surface area contributed by atoms with E-state index in [4.69, 9.17) is 9.84 Å². The van der Waals surface area contributed by atoms with Crippen molar-refractivity contribution in [3.63, 3.8) is 0 Å². The third kappa shape index (κ3) is 6.11. The molecule has 6 heteroatoms. The number of rotatable bonds is 8. The van der Waals surface area contributed by atoms with Gasteiger partial charge in [0.15, 0.2) is 0 Å². The summed E-state index contributed by atoms with van der Waals surface area (Å²) in [7, 11) is 1.56. The lowest BCUT2D eigenvalue weighted by molar-refractivity contribution is -0.139. The fourth-order valence-electron chi connectivity index (χ4n) is 1.46. The fraction of sp³-hybridized carbons (Fsp3) is 0.818. The number of methoxy groups -OCH3 is 1. The maximum Gasteiger partial charge on any atom is 0.326 e. The van der Waals surface area contributed by atoms with Crippen molar-refractivity contribution in [3.05, 3.63) is 0 Å². The molecule has 98 valence electrons. The number of hydrogen-bond donors (Lipinski definition) is 3. The van der Waals surface area contributed by atoms with E-state index < -0.39 is 18.0 Å². The molecular formula is C11H20N2O4. The largest absolute Gasteiger partial charge is 0.480 e. The molecule has 3 N–H and O–H groups in total. The minimum atomic E-state index is -1.01. The third-order valence-corrected chi connectivity index (χ3v) is 2.69. The van der Waals surface area contributed by atoms with Crippen LogP contribution in [0.25, 0.3) is 0 Å². The molecule has 0 radical (unpaired) electrons. The molecular weight excluding hydrogens is 224 g/mol. The van der Waals surface area contributed by atoms with Crippen molar-refractivity contribution in [3.8, 4) is 0 Å². The number of urea groups is 1. The van der Waals surface area contributed by atoms with Crippen LogP contribution in [0.15, 0.2) is 0 Å². The molecule has 0 aromatic heterocycles. The summed E-state index contributed by atoms with van der Waals surface area (Å²) in [6, 6.07) is -1.24. The SMILES string of the molecule is COCCCC(NC(=O)NCC1CC1)C(=O)O. The van der Waals surface area contributed by atoms with E-state index in [1.54, 1.807) is 7.11 Å². The van der Waals surface area contributed by atoms with Gasteiger partial charge in [-0.3, -0.25) is 0 Å². The van der Waals surface area contributed by atoms with Crippen LogP contribution in [0.3, 0.4) is 0 Å². The monoisotopic (exact) mass is 244 g/mol. The Morgan fingerprint density at radius 2 is 2.18 bits per heavy atom. The molecule has 1 atom stereocenters. The van der Waals surface area contributed by atoms with E-state index in [9.17, 15) is 9.59 Å². The number of amides is 2. The standard InChI is InChI=1S/C11H20N2O4/c1-17-6-2-3-9(10(14)15)13-11(16)12-7-8-4-5-8/h8-9H,2-7H2,1H3,(H,14,15)(H2,12,13,16). The van der Waals surface area contributed by atoms with Crippen LogP contribution in [0.2, 0.25) is 0 Å². The van der Waals surface area contributed by atoms with Gasteiger partial charge in [0.1, 0.15) is 6.04 Å². The molecule has 0 bridgehead atoms. The van der Waals surface area contributed by atoms with Gasteiger partial charge >= 0.3 is 12.0 Å². The first-order chi connectivity index (χ1) is 8.13. The molecule has 0 spiro atoms. The Balaban J connectivity index is 2.20. The molecule has 0 aromatic carbocycles. The molecule has 0 aromatic rings. The molecule has 17 heavy (non-hydrogen) atoms. The van der Waals surface area contributed by atoms with Crippen LogP contribution in [0, 0.1) is 5.92 Å². The van der Waals surface area contributed by atoms with Crippen LogP contribution in [0.4, 0.5) is 4.79 Å². The van der Waals surface area contributed by atoms with Crippen LogP contribution in [0.1, 0.15) is 25.7 Å². The number of carbonyl (C=O) groups is 2. The van der Waals surface area contributed by atoms with Gasteiger partial charge in [-0.05, 0) is 31.6 Å². The van der Waals surface area contributed by atoms with Crippen LogP contribution < -0.4 is 10.6 Å². The Kier molecular flexibility index (Phi) is 5.76. The average Bonchev–Trinajstić information content (AvgIpc) is 3.09. The first kappa shape index (κ1) is 13.8. The number of carboxylic acid groups (broad SMARTS) is 1. The minimum absolute atomic E-state index is 0.375. The van der Waals surface area contributed by atoms with Gasteiger partial charge in [0.2, 0.25) is 0 Å². The molecule has 1 rings (SSSR count). The third-order valence-electron chi connectivity index (χ3n) is 2.69. The highest BCUT2D eigenvalue weighted by molar-refractivity contribution is 5.82. The number of nitrogens with one attached hydrogen (secondary N) is 2. The van der Waals surface area contributed by atoms with Crippen molar-refractivity contribution in [1.82, 2.24) is 10.6 Å². The Morgan fingerprint density at radius 1 is 1.47 bits per heavy atom. The van der Waals surface area contributed by atoms with E-state index in [2.05, 4.69) is 10.6 Å². The molecule has 1 aliphatic rings. The molecule has 6 nitrogen and oxygen atoms in total. The highest BCUT2D eigenvalue weighted by Crippen LogP contribution is 2.27. The average molecular weight is 244 g/mol. The number of hydrogen-bond acceptors (Lipinski definition) is 3. The Bertz CT molecular complexity index is 266. The van der Waals surface area contributed by atoms with Crippen LogP contribution in [-0.2, 0) is 9.53 Å². The van der Waals surface area contributed by atoms with Gasteiger partial charge in [-0.1, -0.05) is 0 Å². The zero-order valence-electron chi connectivity index (χ0n) is 10.1. The van der Waals surface area contributed by atoms with E-state index in [0.29, 0.717) is 31.9 Å². The summed E-state index contributed by atoms with van der Waals surface area (Å²) in [5.74, 6) is -0.430. The summed E-state index contributed by atoms with van der Waals surface area (Å²) in [6.07, 6.45) is 3.28. The van der Waals surface area contributed by atoms with Gasteiger partial charge in [0.25, 0.3) is 0 Å². The van der Waals surface area contributed by atoms with Gasteiger partial charge < -0.3 is 20.5 Å². The molecule has 1 unspecified atom stereocenters. The summed E-state index contributed by atoms with van der Waals surface area (Å²) < 4.78 is 4.84. The quantitative estimate of drug-likeness (QED) is 0.545. The van der Waals surface area contributed by atoms with Gasteiger partial charge in [0, 0.05) is 20.3 Å². The molecule has 1 fully saturated rings. The molecule has 0 heterocycles. The lowest BCUT2D eigenvalue weighted by atomic mass is 10.1. The summed E-state index contributed by atoms with van der Waals surface area (Å²) in [6.45, 7) is 1.13. The number of aliphatic carboxylic acids is 1. The lowest BCUT2D eigenvalue weighted by Crippen LogP contribution is -2.46. The maximum atomic E-state index is 11.4. The summed E-state index contributed by atoms with van der Waals surface area (Å²) in [5.41, 5.74) is 0. The number of carboxylic acids is 1. The van der Waals surface area contributed by atoms with Gasteiger partial charge in [0.05, 0.1) is 0 Å². The lowest BCUT2D eigenvalue weighted by Gasteiger charge is -2.14. The smallest absolute Gasteiger partial charge is 0.326 e. The van der Waals surface area contributed by atoms with Crippen LogP contribution in [0.5, 0.6) is 0 Å². The highest BCUT2D eigenvalue weighted by Gasteiger charge is 2.23. The van der Waals surface area contributed by atoms with E-state index in [1.165, 1.54) is 0 Å². The van der Waals surface area contributed by atoms with Crippen molar-refractivity contribution in [2.45, 2.75) is 31.7 Å². The maximum absolute atomic E-state index is 11.4. The van der Waals surface area contributed by atoms with Crippen LogP contribution in [-0.4, -0.2) is 43.4 Å². The zero-order chi connectivity index (χ0) is 12.7. The zero-order valence-corrected chi connectivity index (χ0v) is 10.1. The number of carbonyl (C=O) groups excluding carboxylic acids is 1. The summed E-state index contributed by atoms with van der Waals surface area (Å²) in [4.78, 5) is 22.3. The second-order valence-electron chi connectivity index (χ2n) is 4.32. The van der Waals surface area contributed by atoms with Crippen molar-refractivity contribution in [2.75, 3.05) is 20.3 Å². The molecule has 1 aliphatic carbocycles. The van der Waals surface area contributed by atoms with E-state index >= 15 is 0 Å². The van der Waals surface area contributed by atoms with Crippen LogP contribution >= 0.6 is 0 Å². The number of ether oxygens (including phenoxy) is 1. The van der Waals surface area contributed by atoms with E-state index in [0.717, 1.165) is 12.8 Å². The second kappa shape index (κ2) is 7.11. The van der Waals surface area contributed by atoms with Gasteiger partial charge in [-0.2, -0.15) is 0 Å². The van der Waals surface area contributed by atoms with E-state index in [1.807, 2.05) is 0 Å². The highest BCUT2D eigenvalue weighted by atomic mass is 16.5. The first-order valence-corrected chi connectivity index (χ1v) is 5.89. The minimum Gasteiger partial charge on any atom is -0.480 e. The topological polar surface area (TPSA) is 87.7 Å². The van der Waals surface area contributed by atoms with Gasteiger partial charge in [-0.25, -0.2) is 9.59 Å². The summed E-state index contributed by atoms with van der Waals surface area (Å²) in [5, 5.41) is 14.1. The Morgan fingerprint density at radius 3 is 2.71 bits per heavy atom. The van der Waals surface area contributed by atoms with Crippen molar-refractivity contribution < 1.29 is 19.4 Å². The van der Waals surface area contributed by atoms with E-state index in [-0.39, 0.29) is 0 Å². The van der Waals surface area contributed by atoms with Crippen molar-refractivity contribution in [1.29, 1.82) is 0 Å². The normalized spacial score (nSPS) is 16.3. The van der Waals surface area contributed by atoms with Crippen molar-refractivity contribution >= 4 is 12.0 Å². The van der Waals surface area contributed by atoms with Crippen molar-refractivity contribution in [2.24, 2.45) is 5.92 Å². The second-order valence-corrected chi connectivity index (χ2v) is 4.32. The molecule has 0 aliphatic heterocycles. The molecule has 1 saturated carbocycles.